The first-order chi connectivity index (χ1) is 7.66. The average Bonchev–Trinajstić information content (AvgIpc) is 2.75. The minimum Gasteiger partial charge on any atom is -0.363 e. The molecule has 2 aromatic heterocycles. The van der Waals surface area contributed by atoms with E-state index in [9.17, 15) is 0 Å². The number of halogens is 1. The topological polar surface area (TPSA) is 24.9 Å². The molecular weight excluding hydrogens is 284 g/mol. The second-order valence-corrected chi connectivity index (χ2v) is 5.40. The van der Waals surface area contributed by atoms with E-state index in [2.05, 4.69) is 56.0 Å². The number of anilines is 1. The van der Waals surface area contributed by atoms with Gasteiger partial charge in [-0.2, -0.15) is 11.3 Å². The van der Waals surface area contributed by atoms with Gasteiger partial charge in [0.2, 0.25) is 0 Å². The summed E-state index contributed by atoms with van der Waals surface area (Å²) in [6.45, 7) is 4.17. The van der Waals surface area contributed by atoms with Crippen molar-refractivity contribution in [3.05, 3.63) is 44.7 Å². The number of nitrogens with one attached hydrogen (secondary N) is 1. The van der Waals surface area contributed by atoms with E-state index in [4.69, 9.17) is 0 Å². The second-order valence-electron chi connectivity index (χ2n) is 3.77. The summed E-state index contributed by atoms with van der Waals surface area (Å²) >= 11 is 5.23. The van der Waals surface area contributed by atoms with Crippen molar-refractivity contribution in [1.82, 2.24) is 4.98 Å². The highest BCUT2D eigenvalue weighted by molar-refractivity contribution is 9.10. The Bertz CT molecular complexity index is 468. The SMILES string of the molecule is Cc1cnc(NC(C)c2ccsc2)c(Br)c1. The van der Waals surface area contributed by atoms with E-state index in [1.54, 1.807) is 11.3 Å². The summed E-state index contributed by atoms with van der Waals surface area (Å²) in [5, 5.41) is 7.63. The van der Waals surface area contributed by atoms with Gasteiger partial charge in [-0.05, 0) is 63.8 Å². The van der Waals surface area contributed by atoms with Gasteiger partial charge in [-0.1, -0.05) is 0 Å². The number of aromatic nitrogens is 1. The van der Waals surface area contributed by atoms with Crippen LogP contribution in [0.15, 0.2) is 33.6 Å². The number of aryl methyl sites for hydroxylation is 1. The fourth-order valence-corrected chi connectivity index (χ4v) is 2.78. The maximum absolute atomic E-state index is 4.37. The molecule has 0 aliphatic rings. The molecule has 2 aromatic rings. The third kappa shape index (κ3) is 2.62. The fraction of sp³-hybridized carbons (Fsp3) is 0.250. The molecular formula is C12H13BrN2S. The van der Waals surface area contributed by atoms with Crippen LogP contribution in [-0.4, -0.2) is 4.98 Å². The van der Waals surface area contributed by atoms with E-state index >= 15 is 0 Å². The van der Waals surface area contributed by atoms with Crippen molar-refractivity contribution in [2.24, 2.45) is 0 Å². The van der Waals surface area contributed by atoms with E-state index in [0.717, 1.165) is 15.9 Å². The van der Waals surface area contributed by atoms with Crippen molar-refractivity contribution < 1.29 is 0 Å². The zero-order chi connectivity index (χ0) is 11.5. The van der Waals surface area contributed by atoms with E-state index in [1.807, 2.05) is 13.1 Å². The Labute approximate surface area is 108 Å². The first-order valence-corrected chi connectivity index (χ1v) is 6.81. The Morgan fingerprint density at radius 1 is 1.50 bits per heavy atom. The minimum absolute atomic E-state index is 0.276. The quantitative estimate of drug-likeness (QED) is 0.909. The Hall–Kier alpha value is -0.870. The van der Waals surface area contributed by atoms with Crippen LogP contribution in [0.4, 0.5) is 5.82 Å². The lowest BCUT2D eigenvalue weighted by Gasteiger charge is -2.14. The van der Waals surface area contributed by atoms with Crippen LogP contribution in [0.5, 0.6) is 0 Å². The van der Waals surface area contributed by atoms with Gasteiger partial charge in [-0.3, -0.25) is 0 Å². The molecule has 16 heavy (non-hydrogen) atoms. The minimum atomic E-state index is 0.276. The van der Waals surface area contributed by atoms with Crippen LogP contribution in [0.2, 0.25) is 0 Å². The molecule has 0 aromatic carbocycles. The molecule has 0 saturated heterocycles. The first kappa shape index (κ1) is 11.6. The molecule has 84 valence electrons. The van der Waals surface area contributed by atoms with Gasteiger partial charge in [0.05, 0.1) is 10.5 Å². The highest BCUT2D eigenvalue weighted by Gasteiger charge is 2.08. The van der Waals surface area contributed by atoms with Crippen molar-refractivity contribution in [2.45, 2.75) is 19.9 Å². The van der Waals surface area contributed by atoms with Gasteiger partial charge in [-0.15, -0.1) is 0 Å². The molecule has 0 saturated carbocycles. The monoisotopic (exact) mass is 296 g/mol. The highest BCUT2D eigenvalue weighted by atomic mass is 79.9. The van der Waals surface area contributed by atoms with Crippen LogP contribution in [0.3, 0.4) is 0 Å². The van der Waals surface area contributed by atoms with Crippen LogP contribution in [0, 0.1) is 6.92 Å². The third-order valence-electron chi connectivity index (χ3n) is 2.37. The number of thiophene rings is 1. The zero-order valence-corrected chi connectivity index (χ0v) is 11.6. The molecule has 2 rings (SSSR count). The average molecular weight is 297 g/mol. The van der Waals surface area contributed by atoms with Crippen molar-refractivity contribution in [3.63, 3.8) is 0 Å². The normalized spacial score (nSPS) is 12.4. The van der Waals surface area contributed by atoms with E-state index in [0.29, 0.717) is 0 Å². The fourth-order valence-electron chi connectivity index (χ4n) is 1.45. The van der Waals surface area contributed by atoms with E-state index in [-0.39, 0.29) is 6.04 Å². The highest BCUT2D eigenvalue weighted by Crippen LogP contribution is 2.25. The predicted molar refractivity (Wildman–Crippen MR) is 73.0 cm³/mol. The standard InChI is InChI=1S/C12H13BrN2S/c1-8-5-11(13)12(14-6-8)15-9(2)10-3-4-16-7-10/h3-7,9H,1-2H3,(H,14,15). The maximum Gasteiger partial charge on any atom is 0.140 e. The third-order valence-corrected chi connectivity index (χ3v) is 3.68. The molecule has 0 amide bonds. The Morgan fingerprint density at radius 2 is 2.31 bits per heavy atom. The number of nitrogens with zero attached hydrogens (tertiary/aromatic N) is 1. The Morgan fingerprint density at radius 3 is 2.94 bits per heavy atom. The summed E-state index contributed by atoms with van der Waals surface area (Å²) in [6, 6.07) is 4.47. The zero-order valence-electron chi connectivity index (χ0n) is 9.20. The van der Waals surface area contributed by atoms with E-state index in [1.165, 1.54) is 5.56 Å². The lowest BCUT2D eigenvalue weighted by molar-refractivity contribution is 0.877. The molecule has 2 heterocycles. The lowest BCUT2D eigenvalue weighted by Crippen LogP contribution is -2.07. The molecule has 0 aliphatic carbocycles. The van der Waals surface area contributed by atoms with Crippen molar-refractivity contribution in [2.75, 3.05) is 5.32 Å². The molecule has 1 N–H and O–H groups in total. The summed E-state index contributed by atoms with van der Waals surface area (Å²) in [7, 11) is 0. The number of rotatable bonds is 3. The van der Waals surface area contributed by atoms with Gasteiger partial charge in [0.25, 0.3) is 0 Å². The molecule has 0 bridgehead atoms. The predicted octanol–water partition coefficient (Wildman–Crippen LogP) is 4.39. The molecule has 0 radical (unpaired) electrons. The molecule has 1 unspecified atom stereocenters. The van der Waals surface area contributed by atoms with Gasteiger partial charge in [0.1, 0.15) is 5.82 Å². The van der Waals surface area contributed by atoms with Crippen LogP contribution in [-0.2, 0) is 0 Å². The lowest BCUT2D eigenvalue weighted by atomic mass is 10.2. The van der Waals surface area contributed by atoms with Crippen LogP contribution >= 0.6 is 27.3 Å². The van der Waals surface area contributed by atoms with E-state index < -0.39 is 0 Å². The summed E-state index contributed by atoms with van der Waals surface area (Å²) in [5.41, 5.74) is 2.44. The van der Waals surface area contributed by atoms with Gasteiger partial charge < -0.3 is 5.32 Å². The molecule has 0 fully saturated rings. The maximum atomic E-state index is 4.37. The van der Waals surface area contributed by atoms with Gasteiger partial charge in [0, 0.05) is 6.20 Å². The number of pyridine rings is 1. The van der Waals surface area contributed by atoms with Gasteiger partial charge in [0.15, 0.2) is 0 Å². The van der Waals surface area contributed by atoms with Crippen molar-refractivity contribution in [3.8, 4) is 0 Å². The van der Waals surface area contributed by atoms with Crippen LogP contribution in [0.25, 0.3) is 0 Å². The summed E-state index contributed by atoms with van der Waals surface area (Å²) < 4.78 is 1.01. The van der Waals surface area contributed by atoms with Gasteiger partial charge >= 0.3 is 0 Å². The Balaban J connectivity index is 2.15. The number of hydrogen-bond acceptors (Lipinski definition) is 3. The number of hydrogen-bond donors (Lipinski definition) is 1. The molecule has 0 aliphatic heterocycles. The summed E-state index contributed by atoms with van der Waals surface area (Å²) in [4.78, 5) is 4.37. The van der Waals surface area contributed by atoms with Crippen molar-refractivity contribution in [1.29, 1.82) is 0 Å². The smallest absolute Gasteiger partial charge is 0.140 e. The van der Waals surface area contributed by atoms with Crippen LogP contribution in [0.1, 0.15) is 24.1 Å². The Kier molecular flexibility index (Phi) is 3.61. The molecule has 2 nitrogen and oxygen atoms in total. The largest absolute Gasteiger partial charge is 0.363 e. The summed E-state index contributed by atoms with van der Waals surface area (Å²) in [5.74, 6) is 0.893. The van der Waals surface area contributed by atoms with Gasteiger partial charge in [-0.25, -0.2) is 4.98 Å². The summed E-state index contributed by atoms with van der Waals surface area (Å²) in [6.07, 6.45) is 1.87. The van der Waals surface area contributed by atoms with Crippen LogP contribution < -0.4 is 5.32 Å². The molecule has 1 atom stereocenters. The first-order valence-electron chi connectivity index (χ1n) is 5.07. The molecule has 0 spiro atoms. The van der Waals surface area contributed by atoms with Crippen molar-refractivity contribution >= 4 is 33.1 Å². The molecule has 4 heteroatoms. The second kappa shape index (κ2) is 4.97.